The molecule has 0 fully saturated rings. The first-order valence-corrected chi connectivity index (χ1v) is 14.3. The quantitative estimate of drug-likeness (QED) is 0.162. The predicted octanol–water partition coefficient (Wildman–Crippen LogP) is 7.65. The fraction of sp³-hybridized carbons (Fsp3) is 0.265. The van der Waals surface area contributed by atoms with Gasteiger partial charge in [0, 0.05) is 28.5 Å². The first-order valence-electron chi connectivity index (χ1n) is 14.3. The molecule has 216 valence electrons. The van der Waals surface area contributed by atoms with Crippen molar-refractivity contribution in [2.24, 2.45) is 0 Å². The van der Waals surface area contributed by atoms with Gasteiger partial charge in [0.2, 0.25) is 0 Å². The summed E-state index contributed by atoms with van der Waals surface area (Å²) in [6.45, 7) is 8.86. The highest BCUT2D eigenvalue weighted by Crippen LogP contribution is 2.34. The van der Waals surface area contributed by atoms with Gasteiger partial charge in [0.15, 0.2) is 0 Å². The van der Waals surface area contributed by atoms with E-state index in [2.05, 4.69) is 36.4 Å². The summed E-state index contributed by atoms with van der Waals surface area (Å²) < 4.78 is 8.13. The second-order valence-electron chi connectivity index (χ2n) is 11.2. The molecule has 42 heavy (non-hydrogen) atoms. The summed E-state index contributed by atoms with van der Waals surface area (Å²) in [4.78, 5) is 17.4. The molecule has 0 unspecified atom stereocenters. The lowest BCUT2D eigenvalue weighted by Crippen LogP contribution is -2.26. The number of amides is 2. The fourth-order valence-corrected chi connectivity index (χ4v) is 4.87. The number of ether oxygens (including phenoxy) is 1. The van der Waals surface area contributed by atoms with Crippen molar-refractivity contribution in [2.45, 2.75) is 52.4 Å². The van der Waals surface area contributed by atoms with Crippen LogP contribution in [0.2, 0.25) is 0 Å². The van der Waals surface area contributed by atoms with E-state index in [0.29, 0.717) is 23.9 Å². The largest absolute Gasteiger partial charge is 0.492 e. The van der Waals surface area contributed by atoms with Crippen LogP contribution in [-0.2, 0) is 11.8 Å². The summed E-state index contributed by atoms with van der Waals surface area (Å²) in [5, 5.41) is 12.6. The second-order valence-corrected chi connectivity index (χ2v) is 11.2. The fourth-order valence-electron chi connectivity index (χ4n) is 4.87. The maximum Gasteiger partial charge on any atom is 0.324 e. The molecule has 0 bridgehead atoms. The van der Waals surface area contributed by atoms with Crippen LogP contribution in [0.15, 0.2) is 85.1 Å². The Balaban J connectivity index is 1.35. The molecule has 0 saturated heterocycles. The summed E-state index contributed by atoms with van der Waals surface area (Å²) in [7, 11) is 0. The van der Waals surface area contributed by atoms with Crippen LogP contribution in [0.25, 0.3) is 16.5 Å². The number of anilines is 3. The molecule has 8 heteroatoms. The zero-order valence-electron chi connectivity index (χ0n) is 24.6. The van der Waals surface area contributed by atoms with E-state index >= 15 is 0 Å². The van der Waals surface area contributed by atoms with Gasteiger partial charge in [-0.25, -0.2) is 14.5 Å². The molecule has 2 heterocycles. The number of unbranched alkanes of at least 4 members (excludes halogenated alkanes) is 1. The van der Waals surface area contributed by atoms with Crippen LogP contribution in [0.1, 0.15) is 50.4 Å². The van der Waals surface area contributed by atoms with Gasteiger partial charge in [0.1, 0.15) is 17.4 Å². The number of hydrogen-bond donors (Lipinski definition) is 3. The zero-order valence-corrected chi connectivity index (χ0v) is 24.6. The third-order valence-electron chi connectivity index (χ3n) is 7.35. The number of nitrogens with zero attached hydrogens (tertiary/aromatic N) is 3. The first kappa shape index (κ1) is 28.7. The van der Waals surface area contributed by atoms with Crippen molar-refractivity contribution in [3.05, 3.63) is 102 Å². The van der Waals surface area contributed by atoms with Crippen molar-refractivity contribution in [1.29, 1.82) is 0 Å². The highest BCUT2D eigenvalue weighted by molar-refractivity contribution is 6.07. The number of hydrogen-bond acceptors (Lipinski definition) is 5. The van der Waals surface area contributed by atoms with Crippen molar-refractivity contribution in [3.63, 3.8) is 0 Å². The summed E-state index contributed by atoms with van der Waals surface area (Å²) in [6.07, 6.45) is 4.67. The number of nitrogens with two attached hydrogens (primary N) is 1. The number of fused-ring (bicyclic) bond motifs is 1. The van der Waals surface area contributed by atoms with Gasteiger partial charge in [-0.05, 0) is 61.7 Å². The number of nitrogen functional groups attached to an aromatic ring is 1. The maximum atomic E-state index is 13.3. The third kappa shape index (κ3) is 6.54. The molecule has 0 spiro atoms. The number of benzene rings is 3. The molecular weight excluding hydrogens is 524 g/mol. The molecule has 2 aromatic heterocycles. The van der Waals surface area contributed by atoms with Crippen LogP contribution in [0.5, 0.6) is 5.75 Å². The summed E-state index contributed by atoms with van der Waals surface area (Å²) >= 11 is 0. The molecule has 2 amide bonds. The van der Waals surface area contributed by atoms with Gasteiger partial charge >= 0.3 is 6.03 Å². The molecule has 0 aliphatic carbocycles. The van der Waals surface area contributed by atoms with E-state index in [9.17, 15) is 4.79 Å². The minimum atomic E-state index is -0.347. The molecule has 0 saturated carbocycles. The van der Waals surface area contributed by atoms with Crippen LogP contribution in [0.3, 0.4) is 0 Å². The number of urea groups is 1. The zero-order chi connectivity index (χ0) is 29.7. The minimum Gasteiger partial charge on any atom is -0.492 e. The molecule has 0 aliphatic rings. The molecular formula is C34H38N6O2. The smallest absolute Gasteiger partial charge is 0.324 e. The van der Waals surface area contributed by atoms with Gasteiger partial charge in [0.05, 0.1) is 23.7 Å². The van der Waals surface area contributed by atoms with Crippen molar-refractivity contribution >= 4 is 34.1 Å². The van der Waals surface area contributed by atoms with Crippen LogP contribution in [0.4, 0.5) is 22.1 Å². The van der Waals surface area contributed by atoms with Gasteiger partial charge < -0.3 is 15.8 Å². The Morgan fingerprint density at radius 1 is 0.976 bits per heavy atom. The maximum absolute atomic E-state index is 13.3. The van der Waals surface area contributed by atoms with E-state index in [-0.39, 0.29) is 11.4 Å². The molecule has 5 aromatic rings. The Kier molecular flexibility index (Phi) is 8.43. The molecule has 3 aromatic carbocycles. The molecule has 0 atom stereocenters. The third-order valence-corrected chi connectivity index (χ3v) is 7.35. The first-order chi connectivity index (χ1) is 20.2. The van der Waals surface area contributed by atoms with E-state index in [4.69, 9.17) is 15.6 Å². The van der Waals surface area contributed by atoms with Crippen LogP contribution < -0.4 is 21.1 Å². The van der Waals surface area contributed by atoms with Crippen molar-refractivity contribution in [3.8, 4) is 11.4 Å². The monoisotopic (exact) mass is 562 g/mol. The molecule has 0 aliphatic heterocycles. The van der Waals surface area contributed by atoms with Crippen LogP contribution >= 0.6 is 0 Å². The Hall–Kier alpha value is -4.85. The Bertz CT molecular complexity index is 1690. The lowest BCUT2D eigenvalue weighted by Gasteiger charge is -2.26. The summed E-state index contributed by atoms with van der Waals surface area (Å²) in [5.74, 6) is 1.84. The summed E-state index contributed by atoms with van der Waals surface area (Å²) in [5.41, 5.74) is 10.4. The lowest BCUT2D eigenvalue weighted by molar-refractivity contribution is 0.243. The van der Waals surface area contributed by atoms with E-state index in [1.807, 2.05) is 85.8 Å². The Morgan fingerprint density at radius 2 is 1.74 bits per heavy atom. The normalized spacial score (nSPS) is 11.4. The van der Waals surface area contributed by atoms with Gasteiger partial charge in [-0.3, -0.25) is 5.32 Å². The number of aryl methyl sites for hydroxylation is 2. The van der Waals surface area contributed by atoms with E-state index in [0.717, 1.165) is 58.3 Å². The van der Waals surface area contributed by atoms with Gasteiger partial charge in [-0.1, -0.05) is 69.2 Å². The number of carbonyl (C=O) groups excluding carboxylic acids is 1. The van der Waals surface area contributed by atoms with Gasteiger partial charge in [-0.15, -0.1) is 0 Å². The molecule has 5 rings (SSSR count). The number of aromatic nitrogens is 3. The average molecular weight is 563 g/mol. The summed E-state index contributed by atoms with van der Waals surface area (Å²) in [6, 6.07) is 25.2. The van der Waals surface area contributed by atoms with E-state index in [1.54, 1.807) is 10.9 Å². The van der Waals surface area contributed by atoms with E-state index < -0.39 is 0 Å². The predicted molar refractivity (Wildman–Crippen MR) is 171 cm³/mol. The van der Waals surface area contributed by atoms with Crippen LogP contribution in [-0.4, -0.2) is 27.4 Å². The number of pyridine rings is 1. The number of nitrogens with one attached hydrogen (secondary N) is 2. The molecule has 0 radical (unpaired) electrons. The topological polar surface area (TPSA) is 107 Å². The SMILES string of the molecule is CCCCc1cc(NC(=O)Nc2ccc(OCC(C)(C)c3ccnc(N)c3)c3ccccc23)n(-c2ccc(C)cc2)n1. The highest BCUT2D eigenvalue weighted by atomic mass is 16.5. The minimum absolute atomic E-state index is 0.286. The number of carbonyl (C=O) groups is 1. The average Bonchev–Trinajstić information content (AvgIpc) is 3.38. The van der Waals surface area contributed by atoms with Gasteiger partial charge in [0.25, 0.3) is 0 Å². The molecule has 8 nitrogen and oxygen atoms in total. The number of rotatable bonds is 10. The lowest BCUT2D eigenvalue weighted by atomic mass is 9.86. The Morgan fingerprint density at radius 3 is 2.48 bits per heavy atom. The van der Waals surface area contributed by atoms with Gasteiger partial charge in [-0.2, -0.15) is 5.10 Å². The highest BCUT2D eigenvalue weighted by Gasteiger charge is 2.23. The van der Waals surface area contributed by atoms with Crippen molar-refractivity contribution in [2.75, 3.05) is 23.0 Å². The van der Waals surface area contributed by atoms with Crippen molar-refractivity contribution in [1.82, 2.24) is 14.8 Å². The van der Waals surface area contributed by atoms with Crippen molar-refractivity contribution < 1.29 is 9.53 Å². The standard InChI is InChI=1S/C34H38N6O2/c1-5-6-9-25-21-32(40(39-25)26-14-12-23(2)13-15-26)38-33(41)37-29-16-17-30(28-11-8-7-10-27(28)29)42-22-34(3,4)24-18-19-36-31(35)20-24/h7-8,10-21H,5-6,9,22H2,1-4H3,(H2,35,36)(H2,37,38,41). The van der Waals surface area contributed by atoms with Crippen LogP contribution in [0, 0.1) is 6.92 Å². The van der Waals surface area contributed by atoms with E-state index in [1.165, 1.54) is 0 Å². The second kappa shape index (κ2) is 12.3. The molecule has 4 N–H and O–H groups in total. The Labute approximate surface area is 246 Å².